The number of pyridine rings is 2. The number of benzene rings is 1. The number of nitrogens with zero attached hydrogens (tertiary/aromatic N) is 2. The van der Waals surface area contributed by atoms with Crippen molar-refractivity contribution in [3.05, 3.63) is 129 Å². The van der Waals surface area contributed by atoms with Crippen molar-refractivity contribution in [2.75, 3.05) is 0 Å². The average Bonchev–Trinajstić information content (AvgIpc) is 3.55. The lowest BCUT2D eigenvalue weighted by molar-refractivity contribution is -0.688. The highest BCUT2D eigenvalue weighted by molar-refractivity contribution is 9.10. The van der Waals surface area contributed by atoms with Gasteiger partial charge in [-0.05, 0) is 72.5 Å². The Morgan fingerprint density at radius 2 is 1.16 bits per heavy atom. The monoisotopic (exact) mass is 691 g/mol. The predicted octanol–water partition coefficient (Wildman–Crippen LogP) is 9.10. The number of hydrogen-bond donors (Lipinski definition) is 0. The fraction of sp³-hybridized carbons (Fsp3) is 0.250. The number of rotatable bonds is 4. The van der Waals surface area contributed by atoms with Crippen LogP contribution in [0.5, 0.6) is 0 Å². The van der Waals surface area contributed by atoms with Gasteiger partial charge in [-0.3, -0.25) is 4.98 Å². The van der Waals surface area contributed by atoms with Crippen LogP contribution < -0.4 is 4.57 Å². The average molecular weight is 693 g/mol. The van der Waals surface area contributed by atoms with E-state index in [1.807, 2.05) is 53.4 Å². The second-order valence-corrected chi connectivity index (χ2v) is 15.0. The molecule has 1 aromatic carbocycles. The van der Waals surface area contributed by atoms with Crippen molar-refractivity contribution in [1.82, 2.24) is 4.98 Å². The van der Waals surface area contributed by atoms with E-state index in [-0.39, 0.29) is 11.1 Å². The fourth-order valence-corrected chi connectivity index (χ4v) is 9.64. The second-order valence-electron chi connectivity index (χ2n) is 11.2. The van der Waals surface area contributed by atoms with E-state index in [1.165, 1.54) is 48.1 Å². The topological polar surface area (TPSA) is 16.8 Å². The largest absolute Gasteiger partial charge is 0.380 e. The molecule has 220 valence electrons. The molecule has 4 heterocycles. The summed E-state index contributed by atoms with van der Waals surface area (Å²) in [5, 5.41) is 0. The molecule has 3 aromatic rings. The maximum atomic E-state index is 15.6. The molecule has 2 unspecified atom stereocenters. The number of fused-ring (bicyclic) bond motifs is 4. The zero-order valence-corrected chi connectivity index (χ0v) is 25.9. The molecular formula is C32H22BrF6N2S2+. The van der Waals surface area contributed by atoms with Crippen molar-refractivity contribution in [2.45, 2.75) is 47.7 Å². The Balaban J connectivity index is 1.36. The summed E-state index contributed by atoms with van der Waals surface area (Å²) in [6, 6.07) is 14.9. The number of thioether (sulfide) groups is 2. The summed E-state index contributed by atoms with van der Waals surface area (Å²) in [5.74, 6) is -15.7. The van der Waals surface area contributed by atoms with E-state index < -0.39 is 38.4 Å². The second kappa shape index (κ2) is 9.37. The van der Waals surface area contributed by atoms with Gasteiger partial charge in [0.15, 0.2) is 18.9 Å². The van der Waals surface area contributed by atoms with E-state index >= 15 is 26.3 Å². The minimum Gasteiger partial charge on any atom is -0.265 e. The van der Waals surface area contributed by atoms with Gasteiger partial charge in [0, 0.05) is 55.5 Å². The Labute approximate surface area is 260 Å². The smallest absolute Gasteiger partial charge is 0.265 e. The summed E-state index contributed by atoms with van der Waals surface area (Å²) in [6.07, 6.45) is 9.55. The number of halogens is 7. The molecule has 1 saturated carbocycles. The zero-order chi connectivity index (χ0) is 30.6. The van der Waals surface area contributed by atoms with Crippen molar-refractivity contribution in [1.29, 1.82) is 0 Å². The zero-order valence-electron chi connectivity index (χ0n) is 22.6. The molecule has 0 radical (unpaired) electrons. The molecule has 2 nitrogen and oxygen atoms in total. The van der Waals surface area contributed by atoms with Gasteiger partial charge in [-0.15, -0.1) is 23.5 Å². The minimum absolute atomic E-state index is 0.181. The summed E-state index contributed by atoms with van der Waals surface area (Å²) in [5.41, 5.74) is -0.487. The molecule has 0 amide bonds. The summed E-state index contributed by atoms with van der Waals surface area (Å²) in [7, 11) is 0. The Morgan fingerprint density at radius 3 is 1.65 bits per heavy atom. The molecule has 4 aliphatic rings. The van der Waals surface area contributed by atoms with Gasteiger partial charge in [-0.25, -0.2) is 4.57 Å². The Bertz CT molecular complexity index is 1800. The van der Waals surface area contributed by atoms with Crippen molar-refractivity contribution < 1.29 is 30.9 Å². The molecule has 1 fully saturated rings. The van der Waals surface area contributed by atoms with Crippen LogP contribution in [-0.2, 0) is 6.54 Å². The van der Waals surface area contributed by atoms with Gasteiger partial charge in [-0.1, -0.05) is 28.1 Å². The molecule has 2 aliphatic heterocycles. The van der Waals surface area contributed by atoms with Crippen LogP contribution in [0.1, 0.15) is 30.5 Å². The van der Waals surface area contributed by atoms with Crippen LogP contribution in [0, 0.1) is 0 Å². The van der Waals surface area contributed by atoms with E-state index in [1.54, 1.807) is 26.0 Å². The van der Waals surface area contributed by atoms with Crippen LogP contribution in [0.2, 0.25) is 0 Å². The summed E-state index contributed by atoms with van der Waals surface area (Å²) >= 11 is 5.90. The molecule has 0 N–H and O–H groups in total. The maximum Gasteiger partial charge on any atom is 0.380 e. The Hall–Kier alpha value is -2.76. The highest BCUT2D eigenvalue weighted by atomic mass is 79.9. The maximum absolute atomic E-state index is 15.6. The normalized spacial score (nSPS) is 27.9. The lowest BCUT2D eigenvalue weighted by Crippen LogP contribution is -2.48. The quantitative estimate of drug-likeness (QED) is 0.201. The van der Waals surface area contributed by atoms with Gasteiger partial charge >= 0.3 is 17.8 Å². The number of aromatic nitrogens is 2. The van der Waals surface area contributed by atoms with Gasteiger partial charge < -0.3 is 0 Å². The number of alkyl halides is 6. The number of hydrogen-bond acceptors (Lipinski definition) is 3. The van der Waals surface area contributed by atoms with Crippen molar-refractivity contribution in [3.63, 3.8) is 0 Å². The van der Waals surface area contributed by atoms with E-state index in [0.717, 1.165) is 10.0 Å². The van der Waals surface area contributed by atoms with Crippen molar-refractivity contribution in [3.8, 4) is 0 Å². The fourth-order valence-electron chi connectivity index (χ4n) is 6.24. The summed E-state index contributed by atoms with van der Waals surface area (Å²) in [4.78, 5) is 5.08. The van der Waals surface area contributed by atoms with Crippen LogP contribution in [0.4, 0.5) is 26.3 Å². The predicted molar refractivity (Wildman–Crippen MR) is 161 cm³/mol. The lowest BCUT2D eigenvalue weighted by Gasteiger charge is -2.47. The van der Waals surface area contributed by atoms with Gasteiger partial charge in [0.1, 0.15) is 0 Å². The highest BCUT2D eigenvalue weighted by Gasteiger charge is 2.84. The third-order valence-electron chi connectivity index (χ3n) is 8.74. The Morgan fingerprint density at radius 1 is 0.698 bits per heavy atom. The van der Waals surface area contributed by atoms with E-state index in [9.17, 15) is 0 Å². The summed E-state index contributed by atoms with van der Waals surface area (Å²) < 4.78 is 92.7. The van der Waals surface area contributed by atoms with Crippen LogP contribution in [0.3, 0.4) is 0 Å². The standard InChI is InChI=1S/C32H22BrF6N2S2/c1-28-22(15-24(42-28)19-7-11-40-12-8-19)26-27(31(36,37)32(38,39)30(26,34)35)23-16-25(43-29(23,28)2)20-9-13-41(14-10-20)17-18-3-5-21(33)6-4-18/h3-16H,17H2,1-2H3/q+1. The molecule has 11 heteroatoms. The summed E-state index contributed by atoms with van der Waals surface area (Å²) in [6.45, 7) is 3.98. The molecule has 0 bridgehead atoms. The van der Waals surface area contributed by atoms with Crippen molar-refractivity contribution >= 4 is 49.3 Å². The van der Waals surface area contributed by atoms with E-state index in [0.29, 0.717) is 27.5 Å². The molecule has 0 saturated heterocycles. The first kappa shape index (κ1) is 29.0. The lowest BCUT2D eigenvalue weighted by atomic mass is 9.71. The first-order chi connectivity index (χ1) is 20.2. The molecule has 7 rings (SSSR count). The molecular weight excluding hydrogens is 670 g/mol. The Kier molecular flexibility index (Phi) is 6.32. The van der Waals surface area contributed by atoms with Crippen LogP contribution >= 0.6 is 39.5 Å². The van der Waals surface area contributed by atoms with Gasteiger partial charge in [0.2, 0.25) is 0 Å². The highest BCUT2D eigenvalue weighted by Crippen LogP contribution is 2.75. The number of allylic oxidation sites excluding steroid dienone is 4. The first-order valence-electron chi connectivity index (χ1n) is 13.3. The molecule has 2 atom stereocenters. The van der Waals surface area contributed by atoms with Crippen LogP contribution in [0.15, 0.2) is 112 Å². The van der Waals surface area contributed by atoms with Gasteiger partial charge in [-0.2, -0.15) is 26.3 Å². The molecule has 2 aromatic heterocycles. The van der Waals surface area contributed by atoms with Gasteiger partial charge in [0.25, 0.3) is 0 Å². The molecule has 0 spiro atoms. The molecule has 2 aliphatic carbocycles. The minimum atomic E-state index is -5.58. The van der Waals surface area contributed by atoms with Gasteiger partial charge in [0.05, 0.1) is 9.49 Å². The SMILES string of the molecule is CC12SC(c3ccncc3)=CC1=C1C(=C3C=C(c4cc[n+](Cc5ccc(Br)cc5)cc4)SC32C)C(F)(F)C(F)(F)C1(F)F. The third-order valence-corrected chi connectivity index (χ3v) is 12.6. The molecule has 43 heavy (non-hydrogen) atoms. The van der Waals surface area contributed by atoms with Crippen LogP contribution in [0.25, 0.3) is 9.81 Å². The van der Waals surface area contributed by atoms with E-state index in [4.69, 9.17) is 0 Å². The third kappa shape index (κ3) is 3.89. The van der Waals surface area contributed by atoms with Crippen LogP contribution in [-0.4, -0.2) is 32.2 Å². The van der Waals surface area contributed by atoms with E-state index in [2.05, 4.69) is 20.9 Å². The van der Waals surface area contributed by atoms with Crippen molar-refractivity contribution in [2.24, 2.45) is 0 Å². The first-order valence-corrected chi connectivity index (χ1v) is 15.7.